The number of benzene rings is 2. The molecule has 2 nitrogen and oxygen atoms in total. The normalized spacial score (nSPS) is 12.1. The van der Waals surface area contributed by atoms with Crippen LogP contribution in [-0.2, 0) is 6.42 Å². The van der Waals surface area contributed by atoms with Gasteiger partial charge in [0.15, 0.2) is 0 Å². The molecule has 0 aliphatic heterocycles. The van der Waals surface area contributed by atoms with Crippen LogP contribution in [0.1, 0.15) is 23.6 Å². The van der Waals surface area contributed by atoms with Crippen LogP contribution < -0.4 is 10.1 Å². The Bertz CT molecular complexity index is 530. The zero-order valence-electron chi connectivity index (χ0n) is 13.2. The first-order valence-electron chi connectivity index (χ1n) is 7.63. The molecule has 1 N–H and O–H groups in total. The summed E-state index contributed by atoms with van der Waals surface area (Å²) in [5.41, 5.74) is 3.77. The lowest BCUT2D eigenvalue weighted by atomic mass is 10.1. The molecule has 0 aliphatic carbocycles. The van der Waals surface area contributed by atoms with Crippen molar-refractivity contribution in [3.63, 3.8) is 0 Å². The Labute approximate surface area is 128 Å². The van der Waals surface area contributed by atoms with Gasteiger partial charge in [-0.15, -0.1) is 0 Å². The molecule has 0 saturated heterocycles. The van der Waals surface area contributed by atoms with Gasteiger partial charge in [-0.3, -0.25) is 0 Å². The molecule has 0 heterocycles. The molecule has 1 atom stereocenters. The van der Waals surface area contributed by atoms with Gasteiger partial charge in [-0.25, -0.2) is 0 Å². The van der Waals surface area contributed by atoms with E-state index < -0.39 is 0 Å². The summed E-state index contributed by atoms with van der Waals surface area (Å²) >= 11 is 0. The molecule has 0 aromatic heterocycles. The molecule has 0 bridgehead atoms. The molecule has 2 aromatic rings. The van der Waals surface area contributed by atoms with Crippen molar-refractivity contribution in [3.8, 4) is 5.75 Å². The summed E-state index contributed by atoms with van der Waals surface area (Å²) in [6.07, 6.45) is 1.05. The van der Waals surface area contributed by atoms with Crippen molar-refractivity contribution in [1.82, 2.24) is 5.32 Å². The van der Waals surface area contributed by atoms with Gasteiger partial charge >= 0.3 is 0 Å². The molecule has 0 fully saturated rings. The van der Waals surface area contributed by atoms with E-state index in [4.69, 9.17) is 4.74 Å². The predicted molar refractivity (Wildman–Crippen MR) is 89.0 cm³/mol. The second kappa shape index (κ2) is 7.84. The third-order valence-corrected chi connectivity index (χ3v) is 3.64. The van der Waals surface area contributed by atoms with Crippen molar-refractivity contribution >= 4 is 0 Å². The summed E-state index contributed by atoms with van der Waals surface area (Å²) in [4.78, 5) is 0. The lowest BCUT2D eigenvalue weighted by Gasteiger charge is -2.17. The quantitative estimate of drug-likeness (QED) is 0.832. The van der Waals surface area contributed by atoms with Gasteiger partial charge in [0, 0.05) is 6.04 Å². The number of hydrogen-bond donors (Lipinski definition) is 1. The minimum atomic E-state index is 0.340. The molecule has 112 valence electrons. The highest BCUT2D eigenvalue weighted by molar-refractivity contribution is 5.39. The largest absolute Gasteiger partial charge is 0.491 e. The van der Waals surface area contributed by atoms with E-state index in [0.717, 1.165) is 18.7 Å². The van der Waals surface area contributed by atoms with Crippen molar-refractivity contribution in [1.29, 1.82) is 0 Å². The highest BCUT2D eigenvalue weighted by Crippen LogP contribution is 2.22. The number of ether oxygens (including phenoxy) is 1. The van der Waals surface area contributed by atoms with Gasteiger partial charge in [0.05, 0.1) is 0 Å². The van der Waals surface area contributed by atoms with E-state index in [-0.39, 0.29) is 0 Å². The molecule has 0 radical (unpaired) electrons. The van der Waals surface area contributed by atoms with Crippen LogP contribution in [0.25, 0.3) is 0 Å². The van der Waals surface area contributed by atoms with E-state index in [2.05, 4.69) is 74.6 Å². The average Bonchev–Trinajstić information content (AvgIpc) is 2.48. The van der Waals surface area contributed by atoms with Crippen LogP contribution in [-0.4, -0.2) is 19.2 Å². The Kier molecular flexibility index (Phi) is 5.82. The van der Waals surface area contributed by atoms with Crippen molar-refractivity contribution < 1.29 is 4.74 Å². The van der Waals surface area contributed by atoms with Crippen LogP contribution in [0, 0.1) is 13.8 Å². The van der Waals surface area contributed by atoms with Crippen LogP contribution in [0.3, 0.4) is 0 Å². The van der Waals surface area contributed by atoms with E-state index in [1.54, 1.807) is 0 Å². The van der Waals surface area contributed by atoms with Crippen LogP contribution in [0.15, 0.2) is 48.5 Å². The maximum Gasteiger partial charge on any atom is 0.125 e. The van der Waals surface area contributed by atoms with Crippen LogP contribution >= 0.6 is 0 Å². The zero-order valence-corrected chi connectivity index (χ0v) is 13.2. The number of hydrogen-bond acceptors (Lipinski definition) is 2. The van der Waals surface area contributed by atoms with E-state index in [1.807, 2.05) is 0 Å². The monoisotopic (exact) mass is 283 g/mol. The Morgan fingerprint density at radius 3 is 2.29 bits per heavy atom. The summed E-state index contributed by atoms with van der Waals surface area (Å²) in [5, 5.41) is 3.52. The third-order valence-electron chi connectivity index (χ3n) is 3.64. The second-order valence-electron chi connectivity index (χ2n) is 5.62. The fourth-order valence-corrected chi connectivity index (χ4v) is 2.40. The predicted octanol–water partition coefficient (Wildman–Crippen LogP) is 3.90. The number of rotatable bonds is 7. The van der Waals surface area contributed by atoms with E-state index in [9.17, 15) is 0 Å². The molecule has 2 heteroatoms. The molecule has 2 rings (SSSR count). The van der Waals surface area contributed by atoms with E-state index >= 15 is 0 Å². The SMILES string of the molecule is Cc1cccc(C)c1OCC(C)NCCc1ccccc1. The summed E-state index contributed by atoms with van der Waals surface area (Å²) in [5.74, 6) is 1.02. The molecule has 1 unspecified atom stereocenters. The van der Waals surface area contributed by atoms with Crippen molar-refractivity contribution in [2.45, 2.75) is 33.2 Å². The zero-order chi connectivity index (χ0) is 15.1. The number of para-hydroxylation sites is 1. The van der Waals surface area contributed by atoms with Crippen molar-refractivity contribution in [3.05, 3.63) is 65.2 Å². The molecule has 0 saturated carbocycles. The van der Waals surface area contributed by atoms with Crippen molar-refractivity contribution in [2.24, 2.45) is 0 Å². The smallest absolute Gasteiger partial charge is 0.125 e. The number of aryl methyl sites for hydroxylation is 2. The molecule has 0 amide bonds. The third kappa shape index (κ3) is 4.91. The molecular weight excluding hydrogens is 258 g/mol. The molecule has 0 spiro atoms. The second-order valence-corrected chi connectivity index (χ2v) is 5.62. The molecule has 21 heavy (non-hydrogen) atoms. The van der Waals surface area contributed by atoms with Gasteiger partial charge in [0.2, 0.25) is 0 Å². The highest BCUT2D eigenvalue weighted by Gasteiger charge is 2.06. The van der Waals surface area contributed by atoms with Gasteiger partial charge in [-0.1, -0.05) is 48.5 Å². The van der Waals surface area contributed by atoms with Gasteiger partial charge in [-0.05, 0) is 50.4 Å². The van der Waals surface area contributed by atoms with E-state index in [1.165, 1.54) is 16.7 Å². The van der Waals surface area contributed by atoms with Crippen LogP contribution in [0.5, 0.6) is 5.75 Å². The summed E-state index contributed by atoms with van der Waals surface area (Å²) in [6, 6.07) is 17.2. The topological polar surface area (TPSA) is 21.3 Å². The Morgan fingerprint density at radius 2 is 1.62 bits per heavy atom. The molecule has 2 aromatic carbocycles. The highest BCUT2D eigenvalue weighted by atomic mass is 16.5. The van der Waals surface area contributed by atoms with E-state index in [0.29, 0.717) is 12.6 Å². The summed E-state index contributed by atoms with van der Waals surface area (Å²) < 4.78 is 5.97. The maximum absolute atomic E-state index is 5.97. The standard InChI is InChI=1S/C19H25NO/c1-15-8-7-9-16(2)19(15)21-14-17(3)20-13-12-18-10-5-4-6-11-18/h4-11,17,20H,12-14H2,1-3H3. The van der Waals surface area contributed by atoms with Crippen LogP contribution in [0.2, 0.25) is 0 Å². The van der Waals surface area contributed by atoms with Crippen molar-refractivity contribution in [2.75, 3.05) is 13.2 Å². The Morgan fingerprint density at radius 1 is 0.952 bits per heavy atom. The van der Waals surface area contributed by atoms with Gasteiger partial charge in [0.25, 0.3) is 0 Å². The van der Waals surface area contributed by atoms with Gasteiger partial charge in [-0.2, -0.15) is 0 Å². The lowest BCUT2D eigenvalue weighted by Crippen LogP contribution is -2.33. The minimum absolute atomic E-state index is 0.340. The number of nitrogens with one attached hydrogen (secondary N) is 1. The average molecular weight is 283 g/mol. The molecule has 0 aliphatic rings. The van der Waals surface area contributed by atoms with Gasteiger partial charge in [0.1, 0.15) is 12.4 Å². The first kappa shape index (κ1) is 15.6. The summed E-state index contributed by atoms with van der Waals surface area (Å²) in [6.45, 7) is 8.02. The Balaban J connectivity index is 1.74. The molecular formula is C19H25NO. The maximum atomic E-state index is 5.97. The first-order valence-corrected chi connectivity index (χ1v) is 7.63. The Hall–Kier alpha value is -1.80. The fourth-order valence-electron chi connectivity index (χ4n) is 2.40. The minimum Gasteiger partial charge on any atom is -0.491 e. The lowest BCUT2D eigenvalue weighted by molar-refractivity contribution is 0.271. The fraction of sp³-hybridized carbons (Fsp3) is 0.368. The van der Waals surface area contributed by atoms with Gasteiger partial charge < -0.3 is 10.1 Å². The summed E-state index contributed by atoms with van der Waals surface area (Å²) in [7, 11) is 0. The first-order chi connectivity index (χ1) is 10.2. The van der Waals surface area contributed by atoms with Crippen LogP contribution in [0.4, 0.5) is 0 Å².